The van der Waals surface area contributed by atoms with Gasteiger partial charge in [0.1, 0.15) is 5.82 Å². The maximum Gasteiger partial charge on any atom is 0.311 e. The van der Waals surface area contributed by atoms with Crippen LogP contribution in [0.4, 0.5) is 15.8 Å². The average molecular weight is 538 g/mol. The highest BCUT2D eigenvalue weighted by Gasteiger charge is 2.20. The van der Waals surface area contributed by atoms with Crippen molar-refractivity contribution >= 4 is 34.4 Å². The van der Waals surface area contributed by atoms with Crippen molar-refractivity contribution in [3.05, 3.63) is 129 Å². The fraction of sp³-hybridized carbons (Fsp3) is 0.0345. The predicted octanol–water partition coefficient (Wildman–Crippen LogP) is 5.01. The predicted molar refractivity (Wildman–Crippen MR) is 148 cm³/mol. The first-order chi connectivity index (χ1) is 19.4. The number of hydrogen-bond donors (Lipinski definition) is 1. The molecule has 1 N–H and O–H groups in total. The van der Waals surface area contributed by atoms with Gasteiger partial charge in [0.25, 0.3) is 11.5 Å². The Morgan fingerprint density at radius 3 is 2.55 bits per heavy atom. The molecule has 0 spiro atoms. The number of nitrogens with zero attached hydrogens (tertiary/aromatic N) is 4. The third-order valence-electron chi connectivity index (χ3n) is 5.78. The van der Waals surface area contributed by atoms with E-state index in [2.05, 4.69) is 15.4 Å². The van der Waals surface area contributed by atoms with Gasteiger partial charge in [0.15, 0.2) is 12.4 Å². The van der Waals surface area contributed by atoms with Crippen LogP contribution in [0.5, 0.6) is 5.75 Å². The van der Waals surface area contributed by atoms with E-state index in [0.717, 1.165) is 10.7 Å². The standard InChI is InChI=1S/C29H20FN5O5/c30-21-11-7-12-22(16-21)32-26(36)18-40-27-20(10-6-15-25(27)35(38)39)17-31-34-28(19-8-2-1-3-9-19)33-24-14-5-4-13-23(24)29(34)37/h1-17H,18H2,(H,32,36). The van der Waals surface area contributed by atoms with E-state index in [0.29, 0.717) is 16.5 Å². The van der Waals surface area contributed by atoms with E-state index in [4.69, 9.17) is 4.74 Å². The number of fused-ring (bicyclic) bond motifs is 1. The number of aromatic nitrogens is 2. The minimum absolute atomic E-state index is 0.145. The summed E-state index contributed by atoms with van der Waals surface area (Å²) in [6, 6.07) is 25.2. The summed E-state index contributed by atoms with van der Waals surface area (Å²) in [7, 11) is 0. The number of nitrogens with one attached hydrogen (secondary N) is 1. The molecule has 5 aromatic rings. The summed E-state index contributed by atoms with van der Waals surface area (Å²) >= 11 is 0. The maximum absolute atomic E-state index is 13.4. The zero-order valence-electron chi connectivity index (χ0n) is 20.7. The summed E-state index contributed by atoms with van der Waals surface area (Å²) in [4.78, 5) is 41.5. The molecule has 0 aliphatic heterocycles. The Hall–Kier alpha value is -5.71. The Balaban J connectivity index is 1.52. The molecule has 1 amide bonds. The molecular weight excluding hydrogens is 517 g/mol. The van der Waals surface area contributed by atoms with Crippen LogP contribution >= 0.6 is 0 Å². The second-order valence-electron chi connectivity index (χ2n) is 8.48. The number of halogens is 1. The largest absolute Gasteiger partial charge is 0.476 e. The smallest absolute Gasteiger partial charge is 0.311 e. The molecule has 1 heterocycles. The fourth-order valence-corrected chi connectivity index (χ4v) is 3.97. The quantitative estimate of drug-likeness (QED) is 0.168. The SMILES string of the molecule is O=C(COc1c(C=Nn2c(-c3ccccc3)nc3ccccc3c2=O)cccc1[N+](=O)[O-])Nc1cccc(F)c1. The molecule has 5 rings (SSSR count). The van der Waals surface area contributed by atoms with Gasteiger partial charge in [0.05, 0.1) is 22.0 Å². The number of nitro groups is 1. The van der Waals surface area contributed by atoms with Crippen molar-refractivity contribution in [2.75, 3.05) is 11.9 Å². The topological polar surface area (TPSA) is 129 Å². The van der Waals surface area contributed by atoms with Gasteiger partial charge in [0.2, 0.25) is 5.75 Å². The van der Waals surface area contributed by atoms with Crippen molar-refractivity contribution in [3.8, 4) is 17.1 Å². The molecule has 11 heteroatoms. The monoisotopic (exact) mass is 537 g/mol. The van der Waals surface area contributed by atoms with E-state index in [1.807, 2.05) is 6.07 Å². The number of rotatable bonds is 8. The maximum atomic E-state index is 13.4. The highest BCUT2D eigenvalue weighted by atomic mass is 19.1. The highest BCUT2D eigenvalue weighted by Crippen LogP contribution is 2.30. The van der Waals surface area contributed by atoms with Gasteiger partial charge in [-0.1, -0.05) is 54.6 Å². The van der Waals surface area contributed by atoms with Gasteiger partial charge in [-0.3, -0.25) is 19.7 Å². The Kier molecular flexibility index (Phi) is 7.36. The van der Waals surface area contributed by atoms with Gasteiger partial charge in [-0.2, -0.15) is 9.78 Å². The van der Waals surface area contributed by atoms with Gasteiger partial charge in [-0.25, -0.2) is 9.37 Å². The number of hydrogen-bond acceptors (Lipinski definition) is 7. The molecule has 0 fully saturated rings. The molecule has 1 aromatic heterocycles. The zero-order chi connectivity index (χ0) is 28.1. The molecule has 0 aliphatic carbocycles. The molecule has 0 aliphatic rings. The third-order valence-corrected chi connectivity index (χ3v) is 5.78. The van der Waals surface area contributed by atoms with E-state index in [9.17, 15) is 24.1 Å². The van der Waals surface area contributed by atoms with E-state index in [-0.39, 0.29) is 22.8 Å². The normalized spacial score (nSPS) is 11.0. The van der Waals surface area contributed by atoms with Gasteiger partial charge in [0, 0.05) is 22.9 Å². The molecule has 0 radical (unpaired) electrons. The lowest BCUT2D eigenvalue weighted by Gasteiger charge is -2.11. The number of para-hydroxylation sites is 2. The second kappa shape index (κ2) is 11.4. The van der Waals surface area contributed by atoms with Crippen molar-refractivity contribution in [1.29, 1.82) is 0 Å². The molecule has 0 saturated carbocycles. The van der Waals surface area contributed by atoms with Crippen molar-refractivity contribution < 1.29 is 18.8 Å². The van der Waals surface area contributed by atoms with Crippen molar-refractivity contribution in [2.45, 2.75) is 0 Å². The van der Waals surface area contributed by atoms with Crippen LogP contribution in [0.25, 0.3) is 22.3 Å². The Bertz CT molecular complexity index is 1820. The molecule has 40 heavy (non-hydrogen) atoms. The summed E-state index contributed by atoms with van der Waals surface area (Å²) in [5.41, 5.74) is 0.618. The molecule has 0 bridgehead atoms. The van der Waals surface area contributed by atoms with E-state index in [1.165, 1.54) is 42.6 Å². The number of anilines is 1. The molecule has 0 unspecified atom stereocenters. The molecule has 198 valence electrons. The van der Waals surface area contributed by atoms with E-state index < -0.39 is 34.5 Å². The second-order valence-corrected chi connectivity index (χ2v) is 8.48. The Morgan fingerprint density at radius 1 is 1.02 bits per heavy atom. The summed E-state index contributed by atoms with van der Waals surface area (Å²) in [5, 5.41) is 18.9. The van der Waals surface area contributed by atoms with Crippen LogP contribution in [-0.4, -0.2) is 33.3 Å². The van der Waals surface area contributed by atoms with Crippen LogP contribution in [0.1, 0.15) is 5.56 Å². The summed E-state index contributed by atoms with van der Waals surface area (Å²) < 4.78 is 20.1. The van der Waals surface area contributed by atoms with Crippen LogP contribution < -0.4 is 15.6 Å². The van der Waals surface area contributed by atoms with Crippen LogP contribution in [-0.2, 0) is 4.79 Å². The van der Waals surface area contributed by atoms with Crippen molar-refractivity contribution in [2.24, 2.45) is 5.10 Å². The van der Waals surface area contributed by atoms with Crippen molar-refractivity contribution in [3.63, 3.8) is 0 Å². The number of nitro benzene ring substituents is 1. The molecule has 10 nitrogen and oxygen atoms in total. The van der Waals surface area contributed by atoms with E-state index >= 15 is 0 Å². The lowest BCUT2D eigenvalue weighted by Crippen LogP contribution is -2.21. The zero-order valence-corrected chi connectivity index (χ0v) is 20.7. The summed E-state index contributed by atoms with van der Waals surface area (Å²) in [6.07, 6.45) is 1.23. The first kappa shape index (κ1) is 25.9. The highest BCUT2D eigenvalue weighted by molar-refractivity contribution is 5.92. The lowest BCUT2D eigenvalue weighted by molar-refractivity contribution is -0.385. The summed E-state index contributed by atoms with van der Waals surface area (Å²) in [5.74, 6) is -1.16. The lowest BCUT2D eigenvalue weighted by atomic mass is 10.2. The van der Waals surface area contributed by atoms with Gasteiger partial charge >= 0.3 is 5.69 Å². The van der Waals surface area contributed by atoms with Crippen LogP contribution in [0.2, 0.25) is 0 Å². The first-order valence-electron chi connectivity index (χ1n) is 12.0. The Morgan fingerprint density at radius 2 is 1.77 bits per heavy atom. The van der Waals surface area contributed by atoms with Gasteiger partial charge in [-0.05, 0) is 36.4 Å². The van der Waals surface area contributed by atoms with Gasteiger partial charge in [-0.15, -0.1) is 0 Å². The first-order valence-corrected chi connectivity index (χ1v) is 12.0. The van der Waals surface area contributed by atoms with Crippen molar-refractivity contribution in [1.82, 2.24) is 9.66 Å². The van der Waals surface area contributed by atoms with Crippen LogP contribution in [0, 0.1) is 15.9 Å². The molecule has 0 saturated heterocycles. The van der Waals surface area contributed by atoms with Crippen LogP contribution in [0.15, 0.2) is 107 Å². The molecular formula is C29H20FN5O5. The minimum atomic E-state index is -0.659. The van der Waals surface area contributed by atoms with Crippen LogP contribution in [0.3, 0.4) is 0 Å². The fourth-order valence-electron chi connectivity index (χ4n) is 3.97. The molecule has 0 atom stereocenters. The number of carbonyl (C=O) groups excluding carboxylic acids is 1. The van der Waals surface area contributed by atoms with E-state index in [1.54, 1.807) is 48.5 Å². The molecule has 4 aromatic carbocycles. The Labute approximate surface area is 226 Å². The third kappa shape index (κ3) is 5.58. The average Bonchev–Trinajstić information content (AvgIpc) is 2.96. The summed E-state index contributed by atoms with van der Waals surface area (Å²) in [6.45, 7) is -0.602. The van der Waals surface area contributed by atoms with Gasteiger partial charge < -0.3 is 10.1 Å². The number of ether oxygens (including phenoxy) is 1. The minimum Gasteiger partial charge on any atom is -0.476 e. The number of benzene rings is 4. The number of carbonyl (C=O) groups is 1. The number of amides is 1.